The first-order valence-electron chi connectivity index (χ1n) is 27.6. The topological polar surface area (TPSA) is 4.93 Å². The Kier molecular flexibility index (Phi) is 13.8. The minimum atomic E-state index is -0.766. The molecule has 7 aromatic carbocycles. The molecule has 2 aromatic heterocycles. The zero-order chi connectivity index (χ0) is 55.0. The minimum Gasteiger partial charge on any atom is -0.312 e. The molecule has 31 heteroatoms. The van der Waals surface area contributed by atoms with Gasteiger partial charge in [0, 0.05) is 26.1 Å². The molecule has 0 atom stereocenters. The molecule has 0 radical (unpaired) electrons. The number of nitrogens with zero attached hydrogens (tertiary/aromatic N) is 1. The second kappa shape index (κ2) is 18.5. The molecule has 0 fully saturated rings. The maximum atomic E-state index is 2.80. The molecule has 1 nitrogen and oxygen atoms in total. The highest BCUT2D eigenvalue weighted by atomic mass is 32.1. The van der Waals surface area contributed by atoms with Crippen LogP contribution in [0.3, 0.4) is 0 Å². The molecular weight excluding hydrogens is 876 g/mol. The smallest absolute Gasteiger partial charge is 0.142 e. The molecule has 0 spiro atoms. The maximum Gasteiger partial charge on any atom is 0.142 e. The Balaban J connectivity index is 1.75. The molecule has 9 rings (SSSR count). The first-order valence-corrected chi connectivity index (χ1v) is 28.4. The summed E-state index contributed by atoms with van der Waals surface area (Å²) < 4.78 is 5.68. The Labute approximate surface area is 473 Å². The summed E-state index contributed by atoms with van der Waals surface area (Å²) in [5, 5.41) is 5.72. The van der Waals surface area contributed by atoms with E-state index >= 15 is 0 Å². The molecule has 0 amide bonds. The van der Waals surface area contributed by atoms with Crippen LogP contribution in [0.1, 0.15) is 22.3 Å². The standard InChI is InChI=1S/C43H58B29NS/c44-9-1-2-10(45)22(57)32(67)35(70)39(2)73(38(1)34(69)31(66)21(9)56)40-19(54)7(17(52)28(63)36(40)71)43(5-13(48)24(59)29(64)25(60)14(5)49,6-15(50)26(61)30(65)27(62)16(6)51)8-18(53)20(55)11(46)3-4-12(47)23(58)33(68)37(72)42(4)74-41(3)8/h44-72H2. The number of hydrogen-bond donors (Lipinski definition) is 0. The van der Waals surface area contributed by atoms with Crippen molar-refractivity contribution in [2.24, 2.45) is 0 Å². The third-order valence-corrected chi connectivity index (χ3v) is 23.1. The van der Waals surface area contributed by atoms with E-state index in [9.17, 15) is 0 Å². The van der Waals surface area contributed by atoms with Crippen molar-refractivity contribution < 1.29 is 0 Å². The molecule has 9 aromatic rings. The van der Waals surface area contributed by atoms with Gasteiger partial charge < -0.3 is 4.57 Å². The van der Waals surface area contributed by atoms with E-state index in [0.29, 0.717) is 0 Å². The van der Waals surface area contributed by atoms with E-state index in [4.69, 9.17) is 0 Å². The fourth-order valence-corrected chi connectivity index (χ4v) is 16.6. The van der Waals surface area contributed by atoms with Gasteiger partial charge in [-0.3, -0.25) is 0 Å². The summed E-state index contributed by atoms with van der Waals surface area (Å²) in [6, 6.07) is 0. The number of hydrogen-bond acceptors (Lipinski definition) is 1. The SMILES string of the molecule is Bc1c(B)c(B)c(C(c2c(B)c(B)c(B)c(B)c2B)(c2c(B)c(B)c(B)c(-n3c4c(B)c(B)c(B)c(B)c4c4c(B)c(B)c(B)c(B)c43)c2B)c2c(B)c(B)c(B)c3c2sc2c(B)c(B)c(B)c(B)c23)c(B)c1B. The molecule has 0 unspecified atom stereocenters. The Morgan fingerprint density at radius 1 is 0.203 bits per heavy atom. The van der Waals surface area contributed by atoms with Gasteiger partial charge in [0.1, 0.15) is 228 Å². The molecule has 0 aliphatic heterocycles. The predicted molar refractivity (Wildman–Crippen MR) is 429 cm³/mol. The van der Waals surface area contributed by atoms with Crippen molar-refractivity contribution in [1.29, 1.82) is 0 Å². The van der Waals surface area contributed by atoms with Crippen molar-refractivity contribution >= 4 is 439 Å². The first kappa shape index (κ1) is 55.2. The zero-order valence-corrected chi connectivity index (χ0v) is 52.2. The zero-order valence-electron chi connectivity index (χ0n) is 51.4. The summed E-state index contributed by atoms with van der Waals surface area (Å²) in [5.74, 6) is 0. The third kappa shape index (κ3) is 6.90. The lowest BCUT2D eigenvalue weighted by Gasteiger charge is -2.48. The van der Waals surface area contributed by atoms with Crippen LogP contribution in [0.5, 0.6) is 0 Å². The van der Waals surface area contributed by atoms with E-state index in [1.807, 2.05) is 0 Å². The van der Waals surface area contributed by atoms with E-state index in [1.54, 1.807) is 0 Å². The van der Waals surface area contributed by atoms with E-state index < -0.39 is 5.41 Å². The molecule has 0 saturated carbocycles. The molecule has 0 N–H and O–H groups in total. The molecule has 328 valence electrons. The van der Waals surface area contributed by atoms with Crippen molar-refractivity contribution in [3.8, 4) is 5.69 Å². The molecule has 0 aliphatic carbocycles. The van der Waals surface area contributed by atoms with Crippen molar-refractivity contribution in [2.75, 3.05) is 0 Å². The second-order valence-electron chi connectivity index (χ2n) is 24.0. The van der Waals surface area contributed by atoms with Crippen LogP contribution < -0.4 is 158 Å². The average Bonchev–Trinajstić information content (AvgIpc) is 3.94. The summed E-state index contributed by atoms with van der Waals surface area (Å²) in [4.78, 5) is 0. The van der Waals surface area contributed by atoms with E-state index in [2.05, 4.69) is 243 Å². The number of thiophene rings is 1. The molecule has 0 saturated heterocycles. The van der Waals surface area contributed by atoms with Gasteiger partial charge in [0.05, 0.1) is 5.41 Å². The summed E-state index contributed by atoms with van der Waals surface area (Å²) in [5.41, 5.74) is 49.6. The van der Waals surface area contributed by atoms with Crippen molar-refractivity contribution in [3.63, 3.8) is 0 Å². The molecular formula is C43H58B29NS. The van der Waals surface area contributed by atoms with E-state index in [0.717, 1.165) is 0 Å². The van der Waals surface area contributed by atoms with Gasteiger partial charge in [-0.1, -0.05) is 98.3 Å². The van der Waals surface area contributed by atoms with Gasteiger partial charge in [0.25, 0.3) is 0 Å². The van der Waals surface area contributed by atoms with Crippen LogP contribution in [0.25, 0.3) is 47.7 Å². The highest BCUT2D eigenvalue weighted by molar-refractivity contribution is 7.28. The fraction of sp³-hybridized carbons (Fsp3) is 0.0233. The summed E-state index contributed by atoms with van der Waals surface area (Å²) in [6.45, 7) is 0. The van der Waals surface area contributed by atoms with Gasteiger partial charge in [0.2, 0.25) is 0 Å². The minimum absolute atomic E-state index is 0.766. The highest BCUT2D eigenvalue weighted by Crippen LogP contribution is 2.45. The molecule has 2 heterocycles. The Bertz CT molecular complexity index is 3930. The fourth-order valence-electron chi connectivity index (χ4n) is 15.0. The number of aromatic nitrogens is 1. The van der Waals surface area contributed by atoms with Crippen molar-refractivity contribution in [2.45, 2.75) is 5.41 Å². The first-order chi connectivity index (χ1) is 34.4. The third-order valence-electron chi connectivity index (χ3n) is 21.7. The van der Waals surface area contributed by atoms with Gasteiger partial charge in [-0.25, -0.2) is 0 Å². The highest BCUT2D eigenvalue weighted by Gasteiger charge is 2.48. The summed E-state index contributed by atoms with van der Waals surface area (Å²) in [7, 11) is 70.1. The van der Waals surface area contributed by atoms with Crippen LogP contribution in [-0.4, -0.2) is 232 Å². The van der Waals surface area contributed by atoms with E-state index in [-0.39, 0.29) is 0 Å². The van der Waals surface area contributed by atoms with Crippen LogP contribution in [0, 0.1) is 0 Å². The van der Waals surface area contributed by atoms with Crippen molar-refractivity contribution in [3.05, 3.63) is 22.3 Å². The quantitative estimate of drug-likeness (QED) is 0.120. The summed E-state index contributed by atoms with van der Waals surface area (Å²) >= 11 is 2.08. The molecule has 0 bridgehead atoms. The van der Waals surface area contributed by atoms with Gasteiger partial charge in [-0.05, 0) is 43.8 Å². The average molecular weight is 935 g/mol. The van der Waals surface area contributed by atoms with Gasteiger partial charge >= 0.3 is 0 Å². The van der Waals surface area contributed by atoms with Crippen LogP contribution in [0.15, 0.2) is 0 Å². The molecule has 0 aliphatic rings. The predicted octanol–water partition coefficient (Wildman–Crippen LogP) is -39.0. The Morgan fingerprint density at radius 2 is 0.446 bits per heavy atom. The summed E-state index contributed by atoms with van der Waals surface area (Å²) in [6.07, 6.45) is 0. The van der Waals surface area contributed by atoms with Crippen LogP contribution >= 0.6 is 11.3 Å². The lowest BCUT2D eigenvalue weighted by atomic mass is 9.45. The van der Waals surface area contributed by atoms with Crippen LogP contribution in [-0.2, 0) is 5.41 Å². The van der Waals surface area contributed by atoms with Gasteiger partial charge in [0.15, 0.2) is 0 Å². The van der Waals surface area contributed by atoms with Crippen LogP contribution in [0.4, 0.5) is 0 Å². The largest absolute Gasteiger partial charge is 0.312 e. The lowest BCUT2D eigenvalue weighted by Crippen LogP contribution is -2.67. The maximum absolute atomic E-state index is 2.80. The monoisotopic (exact) mass is 940 g/mol. The lowest BCUT2D eigenvalue weighted by molar-refractivity contribution is 0.794. The van der Waals surface area contributed by atoms with Gasteiger partial charge in [-0.2, -0.15) is 0 Å². The number of benzene rings is 7. The Hall–Kier alpha value is -3.56. The van der Waals surface area contributed by atoms with Crippen LogP contribution in [0.2, 0.25) is 0 Å². The second-order valence-corrected chi connectivity index (χ2v) is 25.0. The Morgan fingerprint density at radius 3 is 0.824 bits per heavy atom. The van der Waals surface area contributed by atoms with E-state index in [1.165, 1.54) is 228 Å². The van der Waals surface area contributed by atoms with Gasteiger partial charge in [-0.15, -0.1) is 71.4 Å². The number of rotatable bonds is 5. The molecule has 74 heavy (non-hydrogen) atoms. The number of fused-ring (bicyclic) bond motifs is 6. The van der Waals surface area contributed by atoms with Crippen molar-refractivity contribution in [1.82, 2.24) is 4.57 Å². The normalized spacial score (nSPS) is 12.0.